The van der Waals surface area contributed by atoms with Crippen molar-refractivity contribution in [1.29, 1.82) is 0 Å². The fourth-order valence-electron chi connectivity index (χ4n) is 2.79. The zero-order valence-electron chi connectivity index (χ0n) is 16.0. The Morgan fingerprint density at radius 2 is 2.00 bits per heavy atom. The summed E-state index contributed by atoms with van der Waals surface area (Å²) in [7, 11) is 3.83. The maximum absolute atomic E-state index is 4.47. The fourth-order valence-corrected chi connectivity index (χ4v) is 3.67. The van der Waals surface area contributed by atoms with Crippen molar-refractivity contribution in [2.75, 3.05) is 14.1 Å². The Hall–Kier alpha value is -1.94. The third-order valence-electron chi connectivity index (χ3n) is 4.06. The fraction of sp³-hybridized carbons (Fsp3) is 0.316. The highest BCUT2D eigenvalue weighted by atomic mass is 127. The van der Waals surface area contributed by atoms with E-state index in [0.717, 1.165) is 41.0 Å². The molecule has 0 amide bonds. The van der Waals surface area contributed by atoms with Crippen molar-refractivity contribution >= 4 is 41.3 Å². The number of hydrogen-bond donors (Lipinski definition) is 1. The molecular formula is C19H25IN6S. The van der Waals surface area contributed by atoms with E-state index in [1.807, 2.05) is 62.1 Å². The summed E-state index contributed by atoms with van der Waals surface area (Å²) in [6.45, 7) is 5.54. The van der Waals surface area contributed by atoms with E-state index in [2.05, 4.69) is 31.5 Å². The summed E-state index contributed by atoms with van der Waals surface area (Å²) in [6.07, 6.45) is 3.95. The Kier molecular flexibility index (Phi) is 7.78. The van der Waals surface area contributed by atoms with E-state index >= 15 is 0 Å². The lowest BCUT2D eigenvalue weighted by Gasteiger charge is -2.21. The number of aliphatic imine (C=N–C) groups is 1. The van der Waals surface area contributed by atoms with Crippen molar-refractivity contribution in [3.63, 3.8) is 0 Å². The summed E-state index contributed by atoms with van der Waals surface area (Å²) < 4.78 is 1.89. The molecule has 3 rings (SSSR count). The molecule has 0 aliphatic rings. The molecule has 0 spiro atoms. The predicted octanol–water partition coefficient (Wildman–Crippen LogP) is 3.77. The monoisotopic (exact) mass is 496 g/mol. The lowest BCUT2D eigenvalue weighted by Crippen LogP contribution is -2.37. The summed E-state index contributed by atoms with van der Waals surface area (Å²) in [5.74, 6) is 0.850. The van der Waals surface area contributed by atoms with E-state index in [0.29, 0.717) is 0 Å². The lowest BCUT2D eigenvalue weighted by molar-refractivity contribution is 0.477. The SMILES string of the molecule is CN=C(NCc1sc(C)nc1C)N(C)Cc1cnn(-c2ccccc2)c1.I. The molecule has 1 N–H and O–H groups in total. The van der Waals surface area contributed by atoms with Crippen molar-refractivity contribution in [2.45, 2.75) is 26.9 Å². The zero-order chi connectivity index (χ0) is 18.5. The van der Waals surface area contributed by atoms with Crippen LogP contribution in [0.2, 0.25) is 0 Å². The van der Waals surface area contributed by atoms with E-state index in [1.54, 1.807) is 18.4 Å². The normalized spacial score (nSPS) is 11.2. The third-order valence-corrected chi connectivity index (χ3v) is 5.13. The molecule has 0 unspecified atom stereocenters. The van der Waals surface area contributed by atoms with Crippen molar-refractivity contribution in [2.24, 2.45) is 4.99 Å². The number of aromatic nitrogens is 3. The number of para-hydroxylation sites is 1. The first-order valence-corrected chi connectivity index (χ1v) is 9.32. The van der Waals surface area contributed by atoms with Crippen LogP contribution in [0.3, 0.4) is 0 Å². The van der Waals surface area contributed by atoms with Gasteiger partial charge in [-0.15, -0.1) is 35.3 Å². The van der Waals surface area contributed by atoms with Gasteiger partial charge in [0.15, 0.2) is 5.96 Å². The van der Waals surface area contributed by atoms with Gasteiger partial charge in [0.25, 0.3) is 0 Å². The average molecular weight is 496 g/mol. The minimum Gasteiger partial charge on any atom is -0.351 e. The summed E-state index contributed by atoms with van der Waals surface area (Å²) in [5.41, 5.74) is 3.27. The Bertz CT molecular complexity index is 887. The van der Waals surface area contributed by atoms with Gasteiger partial charge >= 0.3 is 0 Å². The van der Waals surface area contributed by atoms with Gasteiger partial charge in [-0.25, -0.2) is 9.67 Å². The second kappa shape index (κ2) is 9.84. The van der Waals surface area contributed by atoms with Crippen LogP contribution in [0.15, 0.2) is 47.7 Å². The standard InChI is InChI=1S/C19H24N6S.HI/c1-14-18(26-15(2)23-14)11-21-19(20-3)24(4)12-16-10-22-25(13-16)17-8-6-5-7-9-17;/h5-10,13H,11-12H2,1-4H3,(H,20,21);1H. The van der Waals surface area contributed by atoms with Crippen molar-refractivity contribution in [3.05, 3.63) is 63.9 Å². The maximum Gasteiger partial charge on any atom is 0.193 e. The molecule has 0 aliphatic heterocycles. The van der Waals surface area contributed by atoms with Gasteiger partial charge in [-0.2, -0.15) is 5.10 Å². The molecule has 8 heteroatoms. The third kappa shape index (κ3) is 5.52. The molecule has 144 valence electrons. The summed E-state index contributed by atoms with van der Waals surface area (Å²) in [5, 5.41) is 8.97. The van der Waals surface area contributed by atoms with Gasteiger partial charge in [0.1, 0.15) is 0 Å². The number of guanidine groups is 1. The molecule has 0 atom stereocenters. The number of aryl methyl sites for hydroxylation is 2. The van der Waals surface area contributed by atoms with Gasteiger partial charge in [-0.05, 0) is 26.0 Å². The molecule has 1 aromatic carbocycles. The second-order valence-electron chi connectivity index (χ2n) is 6.13. The number of nitrogens with zero attached hydrogens (tertiary/aromatic N) is 5. The Morgan fingerprint density at radius 1 is 1.26 bits per heavy atom. The van der Waals surface area contributed by atoms with Crippen LogP contribution in [0.1, 0.15) is 21.1 Å². The summed E-state index contributed by atoms with van der Waals surface area (Å²) >= 11 is 1.72. The number of rotatable bonds is 5. The quantitative estimate of drug-likeness (QED) is 0.332. The molecule has 27 heavy (non-hydrogen) atoms. The highest BCUT2D eigenvalue weighted by Crippen LogP contribution is 2.16. The Morgan fingerprint density at radius 3 is 2.63 bits per heavy atom. The first kappa shape index (κ1) is 21.4. The van der Waals surface area contributed by atoms with Crippen LogP contribution in [0.4, 0.5) is 0 Å². The van der Waals surface area contributed by atoms with Gasteiger partial charge in [-0.3, -0.25) is 4.99 Å². The van der Waals surface area contributed by atoms with Gasteiger partial charge in [0.2, 0.25) is 0 Å². The minimum absolute atomic E-state index is 0. The van der Waals surface area contributed by atoms with Crippen LogP contribution in [-0.2, 0) is 13.1 Å². The molecular weight excluding hydrogens is 471 g/mol. The first-order valence-electron chi connectivity index (χ1n) is 8.50. The zero-order valence-corrected chi connectivity index (χ0v) is 19.2. The van der Waals surface area contributed by atoms with E-state index in [-0.39, 0.29) is 24.0 Å². The van der Waals surface area contributed by atoms with Crippen LogP contribution in [0.25, 0.3) is 5.69 Å². The predicted molar refractivity (Wildman–Crippen MR) is 122 cm³/mol. The molecule has 0 saturated carbocycles. The van der Waals surface area contributed by atoms with Crippen LogP contribution >= 0.6 is 35.3 Å². The molecule has 2 aromatic heterocycles. The van der Waals surface area contributed by atoms with E-state index < -0.39 is 0 Å². The van der Waals surface area contributed by atoms with Gasteiger partial charge in [-0.1, -0.05) is 18.2 Å². The van der Waals surface area contributed by atoms with Crippen LogP contribution in [0.5, 0.6) is 0 Å². The molecule has 0 aliphatic carbocycles. The number of benzene rings is 1. The molecule has 3 aromatic rings. The molecule has 0 radical (unpaired) electrons. The summed E-state index contributed by atoms with van der Waals surface area (Å²) in [6, 6.07) is 10.1. The van der Waals surface area contributed by atoms with Crippen molar-refractivity contribution in [3.8, 4) is 5.69 Å². The maximum atomic E-state index is 4.47. The minimum atomic E-state index is 0. The highest BCUT2D eigenvalue weighted by Gasteiger charge is 2.11. The van der Waals surface area contributed by atoms with E-state index in [9.17, 15) is 0 Å². The Labute approximate surface area is 181 Å². The summed E-state index contributed by atoms with van der Waals surface area (Å²) in [4.78, 5) is 12.2. The van der Waals surface area contributed by atoms with Crippen molar-refractivity contribution in [1.82, 2.24) is 25.0 Å². The molecule has 0 saturated heterocycles. The van der Waals surface area contributed by atoms with E-state index in [4.69, 9.17) is 0 Å². The number of hydrogen-bond acceptors (Lipinski definition) is 4. The highest BCUT2D eigenvalue weighted by molar-refractivity contribution is 14.0. The van der Waals surface area contributed by atoms with Crippen molar-refractivity contribution < 1.29 is 0 Å². The molecule has 6 nitrogen and oxygen atoms in total. The largest absolute Gasteiger partial charge is 0.351 e. The average Bonchev–Trinajstić information content (AvgIpc) is 3.22. The van der Waals surface area contributed by atoms with E-state index in [1.165, 1.54) is 4.88 Å². The second-order valence-corrected chi connectivity index (χ2v) is 7.41. The topological polar surface area (TPSA) is 58.3 Å². The van der Waals surface area contributed by atoms with Crippen LogP contribution < -0.4 is 5.32 Å². The Balaban J connectivity index is 0.00000261. The van der Waals surface area contributed by atoms with Gasteiger partial charge in [0.05, 0.1) is 29.1 Å². The van der Waals surface area contributed by atoms with Crippen LogP contribution in [-0.4, -0.2) is 39.7 Å². The first-order chi connectivity index (χ1) is 12.6. The smallest absolute Gasteiger partial charge is 0.193 e. The molecule has 0 bridgehead atoms. The van der Waals surface area contributed by atoms with Gasteiger partial charge < -0.3 is 10.2 Å². The lowest BCUT2D eigenvalue weighted by atomic mass is 10.3. The number of thiazole rings is 1. The molecule has 0 fully saturated rings. The number of halogens is 1. The molecule has 2 heterocycles. The van der Waals surface area contributed by atoms with Crippen LogP contribution in [0, 0.1) is 13.8 Å². The van der Waals surface area contributed by atoms with Gasteiger partial charge in [0, 0.05) is 37.3 Å². The number of nitrogens with one attached hydrogen (secondary N) is 1.